The lowest BCUT2D eigenvalue weighted by atomic mass is 10.1. The van der Waals surface area contributed by atoms with E-state index < -0.39 is 5.82 Å². The van der Waals surface area contributed by atoms with E-state index in [2.05, 4.69) is 5.32 Å². The summed E-state index contributed by atoms with van der Waals surface area (Å²) in [5, 5.41) is 2.85. The van der Waals surface area contributed by atoms with Gasteiger partial charge in [0, 0.05) is 17.2 Å². The maximum Gasteiger partial charge on any atom is 0.226 e. The smallest absolute Gasteiger partial charge is 0.226 e. The van der Waals surface area contributed by atoms with E-state index in [1.54, 1.807) is 38.1 Å². The van der Waals surface area contributed by atoms with Crippen LogP contribution in [0.1, 0.15) is 24.2 Å². The van der Waals surface area contributed by atoms with Crippen molar-refractivity contribution in [3.8, 4) is 5.75 Å². The molecule has 2 aromatic rings. The summed E-state index contributed by atoms with van der Waals surface area (Å²) < 4.78 is 18.3. The average molecular weight is 350 g/mol. The highest BCUT2D eigenvalue weighted by molar-refractivity contribution is 6.32. The van der Waals surface area contributed by atoms with Gasteiger partial charge in [0.2, 0.25) is 5.91 Å². The van der Waals surface area contributed by atoms with Gasteiger partial charge in [-0.15, -0.1) is 0 Å². The molecule has 0 bridgehead atoms. The lowest BCUT2D eigenvalue weighted by Gasteiger charge is -2.09. The summed E-state index contributed by atoms with van der Waals surface area (Å²) in [4.78, 5) is 23.7. The topological polar surface area (TPSA) is 55.4 Å². The molecule has 0 fully saturated rings. The zero-order chi connectivity index (χ0) is 17.7. The zero-order valence-electron chi connectivity index (χ0n) is 13.3. The molecule has 0 aromatic heterocycles. The van der Waals surface area contributed by atoms with Gasteiger partial charge in [0.15, 0.2) is 12.4 Å². The maximum absolute atomic E-state index is 13.0. The van der Waals surface area contributed by atoms with Crippen LogP contribution >= 0.6 is 11.6 Å². The molecule has 4 nitrogen and oxygen atoms in total. The van der Waals surface area contributed by atoms with Crippen molar-refractivity contribution in [1.29, 1.82) is 0 Å². The van der Waals surface area contributed by atoms with Gasteiger partial charge < -0.3 is 10.1 Å². The molecule has 0 unspecified atom stereocenters. The minimum atomic E-state index is -0.474. The number of nitrogens with one attached hydrogen (secondary N) is 1. The predicted octanol–water partition coefficient (Wildman–Crippen LogP) is 4.34. The van der Waals surface area contributed by atoms with Crippen LogP contribution in [0, 0.1) is 11.7 Å². The van der Waals surface area contributed by atoms with Gasteiger partial charge in [0.25, 0.3) is 0 Å². The molecule has 0 spiro atoms. The number of halogens is 2. The zero-order valence-corrected chi connectivity index (χ0v) is 14.1. The molecule has 2 rings (SSSR count). The van der Waals surface area contributed by atoms with E-state index in [-0.39, 0.29) is 35.0 Å². The lowest BCUT2D eigenvalue weighted by Crippen LogP contribution is -2.18. The molecule has 0 saturated carbocycles. The van der Waals surface area contributed by atoms with E-state index >= 15 is 0 Å². The van der Waals surface area contributed by atoms with Crippen LogP contribution in [0.4, 0.5) is 10.1 Å². The van der Waals surface area contributed by atoms with Gasteiger partial charge in [0.1, 0.15) is 11.6 Å². The Kier molecular flexibility index (Phi) is 5.93. The number of ether oxygens (including phenoxy) is 1. The molecule has 0 aliphatic heterocycles. The Morgan fingerprint density at radius 3 is 2.42 bits per heavy atom. The number of carbonyl (C=O) groups excluding carboxylic acids is 2. The van der Waals surface area contributed by atoms with Crippen molar-refractivity contribution in [1.82, 2.24) is 0 Å². The van der Waals surface area contributed by atoms with Crippen LogP contribution in [-0.2, 0) is 4.79 Å². The third-order valence-electron chi connectivity index (χ3n) is 3.25. The van der Waals surface area contributed by atoms with Crippen LogP contribution in [0.3, 0.4) is 0 Å². The third-order valence-corrected chi connectivity index (χ3v) is 3.55. The second-order valence-electron chi connectivity index (χ2n) is 5.51. The number of carbonyl (C=O) groups is 2. The Morgan fingerprint density at radius 2 is 1.83 bits per heavy atom. The van der Waals surface area contributed by atoms with Crippen molar-refractivity contribution < 1.29 is 18.7 Å². The molecular weight excluding hydrogens is 333 g/mol. The summed E-state index contributed by atoms with van der Waals surface area (Å²) >= 11 is 5.84. The summed E-state index contributed by atoms with van der Waals surface area (Å²) in [5.41, 5.74) is 1.06. The minimum absolute atomic E-state index is 0.0941. The number of ketones is 1. The molecule has 1 amide bonds. The molecule has 0 saturated heterocycles. The summed E-state index contributed by atoms with van der Waals surface area (Å²) in [6.45, 7) is 3.37. The molecule has 0 radical (unpaired) electrons. The highest BCUT2D eigenvalue weighted by Gasteiger charge is 2.11. The normalized spacial score (nSPS) is 10.5. The van der Waals surface area contributed by atoms with Gasteiger partial charge in [-0.25, -0.2) is 4.39 Å². The van der Waals surface area contributed by atoms with Crippen molar-refractivity contribution in [3.05, 3.63) is 58.9 Å². The molecule has 0 atom stereocenters. The molecule has 0 heterocycles. The lowest BCUT2D eigenvalue weighted by molar-refractivity contribution is -0.118. The van der Waals surface area contributed by atoms with Gasteiger partial charge in [0.05, 0.1) is 5.02 Å². The Labute approximate surface area is 144 Å². The fraction of sp³-hybridized carbons (Fsp3) is 0.222. The van der Waals surface area contributed by atoms with E-state index in [9.17, 15) is 14.0 Å². The van der Waals surface area contributed by atoms with Crippen LogP contribution < -0.4 is 10.1 Å². The standard InChI is InChI=1S/C18H17ClFNO3/c1-11(2)18(23)21-14-6-3-12(4-7-14)16(22)10-24-17-8-5-13(20)9-15(17)19/h3-9,11H,10H2,1-2H3,(H,21,23). The quantitative estimate of drug-likeness (QED) is 0.789. The van der Waals surface area contributed by atoms with Gasteiger partial charge in [-0.05, 0) is 42.5 Å². The van der Waals surface area contributed by atoms with Crippen molar-refractivity contribution in [2.45, 2.75) is 13.8 Å². The van der Waals surface area contributed by atoms with Crippen molar-refractivity contribution in [2.75, 3.05) is 11.9 Å². The van der Waals surface area contributed by atoms with Crippen LogP contribution in [0.5, 0.6) is 5.75 Å². The Morgan fingerprint density at radius 1 is 1.17 bits per heavy atom. The molecule has 1 N–H and O–H groups in total. The number of amides is 1. The first-order chi connectivity index (χ1) is 11.4. The first kappa shape index (κ1) is 17.9. The van der Waals surface area contributed by atoms with E-state index in [0.717, 1.165) is 6.07 Å². The molecule has 6 heteroatoms. The van der Waals surface area contributed by atoms with Crippen LogP contribution in [0.25, 0.3) is 0 Å². The van der Waals surface area contributed by atoms with E-state index in [1.165, 1.54) is 12.1 Å². The maximum atomic E-state index is 13.0. The number of hydrogen-bond donors (Lipinski definition) is 1. The van der Waals surface area contributed by atoms with Crippen molar-refractivity contribution in [3.63, 3.8) is 0 Å². The Hall–Kier alpha value is -2.40. The third kappa shape index (κ3) is 4.80. The summed E-state index contributed by atoms with van der Waals surface area (Å²) in [7, 11) is 0. The second kappa shape index (κ2) is 7.93. The molecule has 126 valence electrons. The molecule has 2 aromatic carbocycles. The monoisotopic (exact) mass is 349 g/mol. The summed E-state index contributed by atoms with van der Waals surface area (Å²) in [6, 6.07) is 10.2. The minimum Gasteiger partial charge on any atom is -0.484 e. The summed E-state index contributed by atoms with van der Waals surface area (Å²) in [6.07, 6.45) is 0. The van der Waals surface area contributed by atoms with E-state index in [0.29, 0.717) is 11.3 Å². The van der Waals surface area contributed by atoms with Gasteiger partial charge in [-0.2, -0.15) is 0 Å². The number of anilines is 1. The van der Waals surface area contributed by atoms with Crippen LogP contribution in [0.15, 0.2) is 42.5 Å². The average Bonchev–Trinajstić information content (AvgIpc) is 2.54. The Balaban J connectivity index is 1.96. The first-order valence-electron chi connectivity index (χ1n) is 7.39. The fourth-order valence-corrected chi connectivity index (χ4v) is 2.07. The number of rotatable bonds is 6. The highest BCUT2D eigenvalue weighted by atomic mass is 35.5. The molecule has 0 aliphatic carbocycles. The molecular formula is C18H17ClFNO3. The van der Waals surface area contributed by atoms with Crippen LogP contribution in [0.2, 0.25) is 5.02 Å². The second-order valence-corrected chi connectivity index (χ2v) is 5.92. The van der Waals surface area contributed by atoms with Crippen LogP contribution in [-0.4, -0.2) is 18.3 Å². The number of hydrogen-bond acceptors (Lipinski definition) is 3. The SMILES string of the molecule is CC(C)C(=O)Nc1ccc(C(=O)COc2ccc(F)cc2Cl)cc1. The highest BCUT2D eigenvalue weighted by Crippen LogP contribution is 2.25. The summed E-state index contributed by atoms with van der Waals surface area (Å²) in [5.74, 6) is -0.703. The molecule has 24 heavy (non-hydrogen) atoms. The van der Waals surface area contributed by atoms with Crippen molar-refractivity contribution >= 4 is 29.0 Å². The van der Waals surface area contributed by atoms with E-state index in [1.807, 2.05) is 0 Å². The van der Waals surface area contributed by atoms with Gasteiger partial charge >= 0.3 is 0 Å². The predicted molar refractivity (Wildman–Crippen MR) is 91.1 cm³/mol. The number of benzene rings is 2. The number of Topliss-reactive ketones (excluding diaryl/α,β-unsaturated/α-hetero) is 1. The van der Waals surface area contributed by atoms with Gasteiger partial charge in [-0.1, -0.05) is 25.4 Å². The van der Waals surface area contributed by atoms with Crippen molar-refractivity contribution in [2.24, 2.45) is 5.92 Å². The largest absolute Gasteiger partial charge is 0.484 e. The fourth-order valence-electron chi connectivity index (χ4n) is 1.84. The van der Waals surface area contributed by atoms with E-state index in [4.69, 9.17) is 16.3 Å². The first-order valence-corrected chi connectivity index (χ1v) is 7.76. The molecule has 0 aliphatic rings. The van der Waals surface area contributed by atoms with Gasteiger partial charge in [-0.3, -0.25) is 9.59 Å². The Bertz CT molecular complexity index is 744.